The Labute approximate surface area is 420 Å². The van der Waals surface area contributed by atoms with Gasteiger partial charge < -0.3 is 0 Å². The normalized spacial score (nSPS) is 11.1. The number of benzene rings is 10. The summed E-state index contributed by atoms with van der Waals surface area (Å²) in [5.41, 5.74) is 19.8. The van der Waals surface area contributed by atoms with Gasteiger partial charge in [0.2, 0.25) is 0 Å². The third-order valence-electron chi connectivity index (χ3n) is 13.1. The largest absolute Gasteiger partial charge is 0.248 e. The van der Waals surface area contributed by atoms with E-state index in [1.807, 2.05) is 36.4 Å². The van der Waals surface area contributed by atoms with Crippen LogP contribution in [0.15, 0.2) is 279 Å². The number of nitrogens with zero attached hydrogens (tertiary/aromatic N) is 4. The highest BCUT2D eigenvalue weighted by atomic mass is 15.0. The molecule has 0 aliphatic rings. The molecule has 10 aromatic carbocycles. The minimum absolute atomic E-state index is 0.580. The summed E-state index contributed by atoms with van der Waals surface area (Å²) in [7, 11) is 0. The van der Waals surface area contributed by atoms with E-state index in [4.69, 9.17) is 19.9 Å². The van der Waals surface area contributed by atoms with Gasteiger partial charge in [-0.15, -0.1) is 0 Å². The first kappa shape index (κ1) is 43.6. The Morgan fingerprint density at radius 3 is 0.819 bits per heavy atom. The van der Waals surface area contributed by atoms with Crippen molar-refractivity contribution in [2.45, 2.75) is 0 Å². The van der Waals surface area contributed by atoms with Crippen molar-refractivity contribution in [1.29, 1.82) is 0 Å². The Balaban J connectivity index is 1.09. The molecule has 338 valence electrons. The highest BCUT2D eigenvalue weighted by Gasteiger charge is 2.30. The van der Waals surface area contributed by atoms with Crippen molar-refractivity contribution in [3.63, 3.8) is 0 Å². The van der Waals surface area contributed by atoms with E-state index in [2.05, 4.69) is 243 Å². The van der Waals surface area contributed by atoms with Crippen LogP contribution in [0.3, 0.4) is 0 Å². The van der Waals surface area contributed by atoms with E-state index in [-0.39, 0.29) is 0 Å². The summed E-state index contributed by atoms with van der Waals surface area (Å²) in [6, 6.07) is 97.9. The number of aromatic nitrogens is 4. The zero-order valence-electron chi connectivity index (χ0n) is 39.3. The summed E-state index contributed by atoms with van der Waals surface area (Å²) in [5, 5.41) is 0. The molecule has 4 heteroatoms. The fourth-order valence-electron chi connectivity index (χ4n) is 9.84. The molecule has 0 unspecified atom stereocenters. The fourth-order valence-corrected chi connectivity index (χ4v) is 9.84. The van der Waals surface area contributed by atoms with E-state index in [9.17, 15) is 0 Å². The molecule has 0 N–H and O–H groups in total. The number of pyridine rings is 1. The maximum Gasteiger partial charge on any atom is 0.164 e. The van der Waals surface area contributed by atoms with Gasteiger partial charge in [0.15, 0.2) is 17.5 Å². The number of hydrogen-bond donors (Lipinski definition) is 0. The maximum absolute atomic E-state index is 5.71. The Morgan fingerprint density at radius 2 is 0.417 bits per heavy atom. The standard InChI is InChI=1S/C68H46N4/c1-8-25-47(26-9-1)54-39-22-41-56(45-54)67-70-66(53-37-20-7-21-38-53)71-68(72-67)57-42-23-40-55(46-57)58-43-24-44-59(69-58)65-63(51-33-16-5-17-34-51)61(49-29-12-3-13-30-49)60(48-27-10-2-11-28-48)62(50-31-14-4-15-32-50)64(65)52-35-18-6-19-36-52/h1-46H. The highest BCUT2D eigenvalue weighted by molar-refractivity contribution is 6.14. The van der Waals surface area contributed by atoms with Crippen molar-refractivity contribution in [2.75, 3.05) is 0 Å². The van der Waals surface area contributed by atoms with Gasteiger partial charge in [0.1, 0.15) is 0 Å². The average Bonchev–Trinajstić information content (AvgIpc) is 3.48. The SMILES string of the molecule is c1ccc(-c2cccc(-c3nc(-c4ccccc4)nc(-c4cccc(-c5cccc(-c6c(-c7ccccc7)c(-c7ccccc7)c(-c7ccccc7)c(-c7ccccc7)c6-c6ccccc6)n5)c4)n3)c2)cc1. The summed E-state index contributed by atoms with van der Waals surface area (Å²) < 4.78 is 0. The van der Waals surface area contributed by atoms with Crippen LogP contribution in [-0.2, 0) is 0 Å². The van der Waals surface area contributed by atoms with Crippen molar-refractivity contribution in [3.05, 3.63) is 279 Å². The lowest BCUT2D eigenvalue weighted by molar-refractivity contribution is 1.07. The number of rotatable bonds is 11. The van der Waals surface area contributed by atoms with Crippen LogP contribution in [0.4, 0.5) is 0 Å². The van der Waals surface area contributed by atoms with E-state index >= 15 is 0 Å². The molecule has 0 spiro atoms. The molecular weight excluding hydrogens is 873 g/mol. The van der Waals surface area contributed by atoms with E-state index in [0.29, 0.717) is 17.5 Å². The van der Waals surface area contributed by atoms with Crippen LogP contribution in [0, 0.1) is 0 Å². The van der Waals surface area contributed by atoms with Crippen LogP contribution >= 0.6 is 0 Å². The molecular formula is C68H46N4. The average molecular weight is 919 g/mol. The van der Waals surface area contributed by atoms with Crippen molar-refractivity contribution in [3.8, 4) is 123 Å². The topological polar surface area (TPSA) is 51.6 Å². The minimum Gasteiger partial charge on any atom is -0.248 e. The molecule has 12 rings (SSSR count). The van der Waals surface area contributed by atoms with Gasteiger partial charge in [-0.3, -0.25) is 0 Å². The smallest absolute Gasteiger partial charge is 0.164 e. The summed E-state index contributed by atoms with van der Waals surface area (Å²) in [5.74, 6) is 1.79. The molecule has 0 fully saturated rings. The van der Waals surface area contributed by atoms with Gasteiger partial charge in [-0.2, -0.15) is 0 Å². The predicted octanol–water partition coefficient (Wildman–Crippen LogP) is 17.6. The number of hydrogen-bond acceptors (Lipinski definition) is 4. The van der Waals surface area contributed by atoms with Crippen molar-refractivity contribution >= 4 is 0 Å². The van der Waals surface area contributed by atoms with Crippen LogP contribution in [-0.4, -0.2) is 19.9 Å². The minimum atomic E-state index is 0.580. The van der Waals surface area contributed by atoms with Gasteiger partial charge >= 0.3 is 0 Å². The molecule has 12 aromatic rings. The van der Waals surface area contributed by atoms with Gasteiger partial charge in [0, 0.05) is 38.9 Å². The summed E-state index contributed by atoms with van der Waals surface area (Å²) in [6.07, 6.45) is 0. The zero-order valence-corrected chi connectivity index (χ0v) is 39.3. The molecule has 2 heterocycles. The Hall–Kier alpha value is -9.64. The lowest BCUT2D eigenvalue weighted by Crippen LogP contribution is -2.03. The first-order chi connectivity index (χ1) is 35.7. The van der Waals surface area contributed by atoms with Crippen molar-refractivity contribution in [1.82, 2.24) is 19.9 Å². The van der Waals surface area contributed by atoms with Crippen LogP contribution in [0.25, 0.3) is 123 Å². The lowest BCUT2D eigenvalue weighted by Gasteiger charge is -2.28. The monoisotopic (exact) mass is 918 g/mol. The highest BCUT2D eigenvalue weighted by Crippen LogP contribution is 2.55. The van der Waals surface area contributed by atoms with Crippen LogP contribution in [0.5, 0.6) is 0 Å². The maximum atomic E-state index is 5.71. The van der Waals surface area contributed by atoms with Gasteiger partial charge in [-0.1, -0.05) is 255 Å². The van der Waals surface area contributed by atoms with E-state index < -0.39 is 0 Å². The summed E-state index contributed by atoms with van der Waals surface area (Å²) in [6.45, 7) is 0. The van der Waals surface area contributed by atoms with Crippen LogP contribution < -0.4 is 0 Å². The summed E-state index contributed by atoms with van der Waals surface area (Å²) >= 11 is 0. The second-order valence-electron chi connectivity index (χ2n) is 17.7. The molecule has 4 nitrogen and oxygen atoms in total. The quantitative estimate of drug-likeness (QED) is 0.130. The lowest BCUT2D eigenvalue weighted by atomic mass is 9.75. The van der Waals surface area contributed by atoms with Gasteiger partial charge in [0.25, 0.3) is 0 Å². The molecule has 0 amide bonds. The summed E-state index contributed by atoms with van der Waals surface area (Å²) in [4.78, 5) is 21.1. The third kappa shape index (κ3) is 8.70. The molecule has 0 atom stereocenters. The molecule has 0 saturated carbocycles. The van der Waals surface area contributed by atoms with Gasteiger partial charge in [-0.25, -0.2) is 19.9 Å². The van der Waals surface area contributed by atoms with Gasteiger partial charge in [0.05, 0.1) is 11.4 Å². The van der Waals surface area contributed by atoms with E-state index in [0.717, 1.165) is 106 Å². The van der Waals surface area contributed by atoms with Crippen LogP contribution in [0.2, 0.25) is 0 Å². The third-order valence-corrected chi connectivity index (χ3v) is 13.1. The fraction of sp³-hybridized carbons (Fsp3) is 0. The predicted molar refractivity (Wildman–Crippen MR) is 297 cm³/mol. The molecule has 0 bridgehead atoms. The molecule has 72 heavy (non-hydrogen) atoms. The van der Waals surface area contributed by atoms with Crippen LogP contribution in [0.1, 0.15) is 0 Å². The Bertz CT molecular complexity index is 3710. The van der Waals surface area contributed by atoms with E-state index in [1.165, 1.54) is 0 Å². The van der Waals surface area contributed by atoms with Crippen molar-refractivity contribution in [2.24, 2.45) is 0 Å². The Morgan fingerprint density at radius 1 is 0.153 bits per heavy atom. The van der Waals surface area contributed by atoms with Crippen molar-refractivity contribution < 1.29 is 0 Å². The van der Waals surface area contributed by atoms with Gasteiger partial charge in [-0.05, 0) is 79.9 Å². The Kier molecular flexibility index (Phi) is 12.0. The van der Waals surface area contributed by atoms with E-state index in [1.54, 1.807) is 0 Å². The zero-order chi connectivity index (χ0) is 48.1. The first-order valence-corrected chi connectivity index (χ1v) is 24.3. The molecule has 0 aliphatic carbocycles. The molecule has 0 radical (unpaired) electrons. The molecule has 0 saturated heterocycles. The molecule has 2 aromatic heterocycles. The second kappa shape index (κ2) is 19.8. The first-order valence-electron chi connectivity index (χ1n) is 24.3. The second-order valence-corrected chi connectivity index (χ2v) is 17.7. The molecule has 0 aliphatic heterocycles.